The van der Waals surface area contributed by atoms with Crippen molar-refractivity contribution in [3.63, 3.8) is 0 Å². The summed E-state index contributed by atoms with van der Waals surface area (Å²) in [7, 11) is 0. The minimum absolute atomic E-state index is 0.0604. The molecule has 0 radical (unpaired) electrons. The minimum atomic E-state index is -0.414. The summed E-state index contributed by atoms with van der Waals surface area (Å²) < 4.78 is 11.5. The van der Waals surface area contributed by atoms with Crippen molar-refractivity contribution in [3.8, 4) is 11.1 Å². The van der Waals surface area contributed by atoms with Crippen LogP contribution in [0.25, 0.3) is 39.1 Å². The van der Waals surface area contributed by atoms with Gasteiger partial charge in [0.15, 0.2) is 0 Å². The van der Waals surface area contributed by atoms with Crippen LogP contribution >= 0.6 is 0 Å². The van der Waals surface area contributed by atoms with Crippen LogP contribution in [-0.2, 0) is 4.74 Å². The van der Waals surface area contributed by atoms with Gasteiger partial charge in [-0.2, -0.15) is 0 Å². The number of furan rings is 1. The van der Waals surface area contributed by atoms with Crippen LogP contribution in [0.5, 0.6) is 0 Å². The highest BCUT2D eigenvalue weighted by molar-refractivity contribution is 6.05. The zero-order valence-corrected chi connectivity index (χ0v) is 18.5. The van der Waals surface area contributed by atoms with Crippen LogP contribution in [0, 0.1) is 0 Å². The van der Waals surface area contributed by atoms with Crippen molar-refractivity contribution in [3.05, 3.63) is 114 Å². The number of carbonyl (C=O) groups excluding carboxylic acids is 1. The molecule has 4 heteroatoms. The molecule has 0 spiro atoms. The van der Waals surface area contributed by atoms with Crippen molar-refractivity contribution < 1.29 is 13.9 Å². The SMILES string of the molecule is O=C(NCC=Cc1ccc2oc3ccccc3c2c1)OCC1c2ccccc2-c2ccccc21. The van der Waals surface area contributed by atoms with Gasteiger partial charge in [-0.3, -0.25) is 0 Å². The van der Waals surface area contributed by atoms with Crippen molar-refractivity contribution in [1.82, 2.24) is 5.32 Å². The molecule has 0 unspecified atom stereocenters. The highest BCUT2D eigenvalue weighted by atomic mass is 16.5. The number of benzene rings is 4. The van der Waals surface area contributed by atoms with E-state index < -0.39 is 6.09 Å². The number of carbonyl (C=O) groups is 1. The molecule has 1 amide bonds. The topological polar surface area (TPSA) is 51.5 Å². The Morgan fingerprint density at radius 2 is 1.50 bits per heavy atom. The Hall–Kier alpha value is -4.31. The first-order valence-corrected chi connectivity index (χ1v) is 11.4. The molecule has 0 atom stereocenters. The molecule has 0 saturated heterocycles. The third-order valence-corrected chi connectivity index (χ3v) is 6.42. The Labute approximate surface area is 197 Å². The fraction of sp³-hybridized carbons (Fsp3) is 0.100. The van der Waals surface area contributed by atoms with E-state index in [0.29, 0.717) is 13.2 Å². The molecule has 4 aromatic carbocycles. The number of rotatable bonds is 5. The second kappa shape index (κ2) is 8.56. The van der Waals surface area contributed by atoms with E-state index in [2.05, 4.69) is 41.7 Å². The number of nitrogens with one attached hydrogen (secondary N) is 1. The third-order valence-electron chi connectivity index (χ3n) is 6.42. The molecule has 0 fully saturated rings. The number of hydrogen-bond acceptors (Lipinski definition) is 3. The Morgan fingerprint density at radius 1 is 0.824 bits per heavy atom. The quantitative estimate of drug-likeness (QED) is 0.313. The first kappa shape index (κ1) is 20.3. The highest BCUT2D eigenvalue weighted by Crippen LogP contribution is 2.44. The first-order valence-electron chi connectivity index (χ1n) is 11.4. The van der Waals surface area contributed by atoms with Crippen LogP contribution in [0.2, 0.25) is 0 Å². The van der Waals surface area contributed by atoms with Crippen molar-refractivity contribution >= 4 is 34.1 Å². The molecule has 166 valence electrons. The second-order valence-electron chi connectivity index (χ2n) is 8.46. The molecule has 1 aliphatic rings. The zero-order chi connectivity index (χ0) is 22.9. The molecule has 5 aromatic rings. The fourth-order valence-corrected chi connectivity index (χ4v) is 4.83. The lowest BCUT2D eigenvalue weighted by atomic mass is 9.98. The Morgan fingerprint density at radius 3 is 2.29 bits per heavy atom. The predicted octanol–water partition coefficient (Wildman–Crippen LogP) is 7.14. The summed E-state index contributed by atoms with van der Waals surface area (Å²) in [6.07, 6.45) is 3.50. The smallest absolute Gasteiger partial charge is 0.407 e. The van der Waals surface area contributed by atoms with Gasteiger partial charge in [0.05, 0.1) is 0 Å². The lowest BCUT2D eigenvalue weighted by molar-refractivity contribution is 0.144. The standard InChI is InChI=1S/C30H23NO3/c32-30(33-19-27-23-11-3-1-9-21(23)22-10-2-4-12-24(22)27)31-17-7-8-20-15-16-29-26(18-20)25-13-5-6-14-28(25)34-29/h1-16,18,27H,17,19H2,(H,31,32). The van der Waals surface area contributed by atoms with Crippen molar-refractivity contribution in [2.75, 3.05) is 13.2 Å². The van der Waals surface area contributed by atoms with E-state index >= 15 is 0 Å². The average Bonchev–Trinajstić information content (AvgIpc) is 3.41. The van der Waals surface area contributed by atoms with E-state index in [1.807, 2.05) is 66.7 Å². The molecule has 0 bridgehead atoms. The molecule has 34 heavy (non-hydrogen) atoms. The van der Waals surface area contributed by atoms with Gasteiger partial charge in [0.1, 0.15) is 17.8 Å². The highest BCUT2D eigenvalue weighted by Gasteiger charge is 2.28. The van der Waals surface area contributed by atoms with Gasteiger partial charge in [0, 0.05) is 23.2 Å². The van der Waals surface area contributed by atoms with Gasteiger partial charge in [-0.25, -0.2) is 4.79 Å². The molecular weight excluding hydrogens is 422 g/mol. The van der Waals surface area contributed by atoms with Crippen LogP contribution in [0.15, 0.2) is 101 Å². The number of fused-ring (bicyclic) bond motifs is 6. The summed E-state index contributed by atoms with van der Waals surface area (Å²) in [5.41, 5.74) is 7.66. The van der Waals surface area contributed by atoms with Crippen LogP contribution in [0.3, 0.4) is 0 Å². The summed E-state index contributed by atoms with van der Waals surface area (Å²) in [4.78, 5) is 12.3. The van der Waals surface area contributed by atoms with E-state index in [1.54, 1.807) is 0 Å². The maximum atomic E-state index is 12.3. The van der Waals surface area contributed by atoms with E-state index in [-0.39, 0.29) is 5.92 Å². The number of ether oxygens (including phenoxy) is 1. The number of hydrogen-bond donors (Lipinski definition) is 1. The largest absolute Gasteiger partial charge is 0.456 e. The normalized spacial score (nSPS) is 12.8. The summed E-state index contributed by atoms with van der Waals surface area (Å²) >= 11 is 0. The van der Waals surface area contributed by atoms with E-state index in [4.69, 9.17) is 9.15 Å². The monoisotopic (exact) mass is 445 g/mol. The Bertz CT molecular complexity index is 1500. The van der Waals surface area contributed by atoms with Crippen molar-refractivity contribution in [2.45, 2.75) is 5.92 Å². The second-order valence-corrected chi connectivity index (χ2v) is 8.46. The molecular formula is C30H23NO3. The molecule has 4 nitrogen and oxygen atoms in total. The maximum Gasteiger partial charge on any atom is 0.407 e. The predicted molar refractivity (Wildman–Crippen MR) is 136 cm³/mol. The lowest BCUT2D eigenvalue weighted by Gasteiger charge is -2.14. The van der Waals surface area contributed by atoms with Gasteiger partial charge in [0.25, 0.3) is 0 Å². The summed E-state index contributed by atoms with van der Waals surface area (Å²) in [6.45, 7) is 0.703. The Kier molecular flexibility index (Phi) is 5.11. The molecule has 1 N–H and O–H groups in total. The fourth-order valence-electron chi connectivity index (χ4n) is 4.83. The van der Waals surface area contributed by atoms with Gasteiger partial charge in [0.2, 0.25) is 0 Å². The lowest BCUT2D eigenvalue weighted by Crippen LogP contribution is -2.26. The molecule has 0 saturated carbocycles. The van der Waals surface area contributed by atoms with Crippen LogP contribution in [-0.4, -0.2) is 19.2 Å². The van der Waals surface area contributed by atoms with Crippen molar-refractivity contribution in [1.29, 1.82) is 0 Å². The first-order chi connectivity index (χ1) is 16.8. The van der Waals surface area contributed by atoms with E-state index in [9.17, 15) is 4.79 Å². The van der Waals surface area contributed by atoms with Crippen LogP contribution in [0.4, 0.5) is 4.79 Å². The summed E-state index contributed by atoms with van der Waals surface area (Å²) in [5, 5.41) is 5.01. The summed E-state index contributed by atoms with van der Waals surface area (Å²) in [6, 6.07) is 30.8. The molecule has 6 rings (SSSR count). The van der Waals surface area contributed by atoms with Crippen LogP contribution < -0.4 is 5.32 Å². The minimum Gasteiger partial charge on any atom is -0.456 e. The zero-order valence-electron chi connectivity index (χ0n) is 18.5. The molecule has 1 aliphatic carbocycles. The van der Waals surface area contributed by atoms with Gasteiger partial charge in [-0.15, -0.1) is 0 Å². The average molecular weight is 446 g/mol. The van der Waals surface area contributed by atoms with Gasteiger partial charge in [-0.05, 0) is 46.0 Å². The van der Waals surface area contributed by atoms with Crippen LogP contribution in [0.1, 0.15) is 22.6 Å². The van der Waals surface area contributed by atoms with E-state index in [0.717, 1.165) is 27.5 Å². The van der Waals surface area contributed by atoms with Crippen molar-refractivity contribution in [2.24, 2.45) is 0 Å². The van der Waals surface area contributed by atoms with Gasteiger partial charge >= 0.3 is 6.09 Å². The Balaban J connectivity index is 1.08. The molecule has 1 aromatic heterocycles. The third kappa shape index (κ3) is 3.63. The summed E-state index contributed by atoms with van der Waals surface area (Å²) in [5.74, 6) is 0.0604. The van der Waals surface area contributed by atoms with E-state index in [1.165, 1.54) is 22.3 Å². The molecule has 1 heterocycles. The number of alkyl carbamates (subject to hydrolysis) is 1. The van der Waals surface area contributed by atoms with Gasteiger partial charge in [-0.1, -0.05) is 84.9 Å². The maximum absolute atomic E-state index is 12.3. The van der Waals surface area contributed by atoms with Gasteiger partial charge < -0.3 is 14.5 Å². The number of amides is 1. The molecule has 0 aliphatic heterocycles. The number of para-hydroxylation sites is 1.